The third kappa shape index (κ3) is 4.63. The summed E-state index contributed by atoms with van der Waals surface area (Å²) in [5.74, 6) is 1.07. The van der Waals surface area contributed by atoms with Crippen LogP contribution in [0.5, 0.6) is 0 Å². The van der Waals surface area contributed by atoms with Crippen LogP contribution >= 0.6 is 11.8 Å². The Morgan fingerprint density at radius 2 is 1.94 bits per heavy atom. The highest BCUT2D eigenvalue weighted by atomic mass is 32.2. The molecule has 0 bridgehead atoms. The van der Waals surface area contributed by atoms with Gasteiger partial charge in [0.15, 0.2) is 9.84 Å². The van der Waals surface area contributed by atoms with Crippen LogP contribution in [0.1, 0.15) is 19.3 Å². The average molecular weight is 285 g/mol. The van der Waals surface area contributed by atoms with Crippen molar-refractivity contribution in [2.75, 3.05) is 18.6 Å². The molecule has 5 heteroatoms. The highest BCUT2D eigenvalue weighted by Crippen LogP contribution is 2.21. The number of hydrogen-bond donors (Lipinski definition) is 1. The van der Waals surface area contributed by atoms with Gasteiger partial charge in [-0.15, -0.1) is 11.8 Å². The zero-order chi connectivity index (χ0) is 13.0. The molecule has 1 aliphatic carbocycles. The first kappa shape index (κ1) is 13.9. The van der Waals surface area contributed by atoms with Crippen molar-refractivity contribution in [1.29, 1.82) is 0 Å². The van der Waals surface area contributed by atoms with E-state index in [1.54, 1.807) is 23.9 Å². The molecule has 1 aliphatic rings. The van der Waals surface area contributed by atoms with E-state index in [-0.39, 0.29) is 0 Å². The second kappa shape index (κ2) is 6.08. The molecule has 0 radical (unpaired) electrons. The van der Waals surface area contributed by atoms with Crippen molar-refractivity contribution in [2.45, 2.75) is 35.1 Å². The van der Waals surface area contributed by atoms with Gasteiger partial charge in [-0.25, -0.2) is 8.42 Å². The summed E-state index contributed by atoms with van der Waals surface area (Å²) in [7, 11) is -3.07. The Hall–Kier alpha value is -0.520. The normalized spacial score (nSPS) is 15.8. The van der Waals surface area contributed by atoms with Gasteiger partial charge in [0.2, 0.25) is 0 Å². The van der Waals surface area contributed by atoms with Gasteiger partial charge in [0.25, 0.3) is 0 Å². The second-order valence-electron chi connectivity index (χ2n) is 4.67. The molecule has 1 saturated carbocycles. The molecule has 0 aliphatic heterocycles. The Kier molecular flexibility index (Phi) is 4.70. The zero-order valence-electron chi connectivity index (χ0n) is 10.6. The van der Waals surface area contributed by atoms with E-state index in [1.807, 2.05) is 12.1 Å². The molecule has 100 valence electrons. The first-order valence-electron chi connectivity index (χ1n) is 6.22. The van der Waals surface area contributed by atoms with E-state index >= 15 is 0 Å². The van der Waals surface area contributed by atoms with Crippen LogP contribution < -0.4 is 5.32 Å². The molecule has 0 unspecified atom stereocenters. The molecule has 0 atom stereocenters. The molecular weight excluding hydrogens is 266 g/mol. The summed E-state index contributed by atoms with van der Waals surface area (Å²) in [5, 5.41) is 3.48. The molecule has 3 nitrogen and oxygen atoms in total. The Morgan fingerprint density at radius 1 is 1.28 bits per heavy atom. The van der Waals surface area contributed by atoms with Crippen molar-refractivity contribution in [3.05, 3.63) is 24.3 Å². The van der Waals surface area contributed by atoms with E-state index in [0.717, 1.165) is 29.7 Å². The number of thioether (sulfide) groups is 1. The number of nitrogens with one attached hydrogen (secondary N) is 1. The van der Waals surface area contributed by atoms with Crippen LogP contribution in [-0.2, 0) is 9.84 Å². The van der Waals surface area contributed by atoms with Crippen LogP contribution in [-0.4, -0.2) is 33.0 Å². The third-order valence-corrected chi connectivity index (χ3v) is 5.08. The fraction of sp³-hybridized carbons (Fsp3) is 0.538. The van der Waals surface area contributed by atoms with Gasteiger partial charge in [0.05, 0.1) is 4.90 Å². The quantitative estimate of drug-likeness (QED) is 0.617. The molecular formula is C13H19NO2S2. The maximum absolute atomic E-state index is 11.3. The SMILES string of the molecule is CS(=O)(=O)c1ccc(SCCCNC2CC2)cc1. The summed E-state index contributed by atoms with van der Waals surface area (Å²) in [6.45, 7) is 1.08. The van der Waals surface area contributed by atoms with Crippen molar-refractivity contribution in [1.82, 2.24) is 5.32 Å². The van der Waals surface area contributed by atoms with Gasteiger partial charge >= 0.3 is 0 Å². The van der Waals surface area contributed by atoms with Crippen LogP contribution in [0.3, 0.4) is 0 Å². The van der Waals surface area contributed by atoms with Crippen LogP contribution in [0.2, 0.25) is 0 Å². The van der Waals surface area contributed by atoms with E-state index in [2.05, 4.69) is 5.32 Å². The van der Waals surface area contributed by atoms with Crippen molar-refractivity contribution in [3.8, 4) is 0 Å². The molecule has 1 fully saturated rings. The van der Waals surface area contributed by atoms with Crippen LogP contribution in [0.15, 0.2) is 34.1 Å². The molecule has 0 aromatic heterocycles. The minimum absolute atomic E-state index is 0.391. The predicted molar refractivity (Wildman–Crippen MR) is 75.9 cm³/mol. The van der Waals surface area contributed by atoms with Gasteiger partial charge in [-0.3, -0.25) is 0 Å². The summed E-state index contributed by atoms with van der Waals surface area (Å²) >= 11 is 1.78. The Bertz CT molecular complexity index is 478. The minimum atomic E-state index is -3.07. The molecule has 0 spiro atoms. The number of rotatable bonds is 7. The summed E-state index contributed by atoms with van der Waals surface area (Å²) in [5.41, 5.74) is 0. The lowest BCUT2D eigenvalue weighted by molar-refractivity contribution is 0.602. The lowest BCUT2D eigenvalue weighted by atomic mass is 10.4. The fourth-order valence-electron chi connectivity index (χ4n) is 1.64. The first-order chi connectivity index (χ1) is 8.55. The molecule has 0 saturated heterocycles. The summed E-state index contributed by atoms with van der Waals surface area (Å²) in [4.78, 5) is 1.52. The van der Waals surface area contributed by atoms with E-state index in [9.17, 15) is 8.42 Å². The largest absolute Gasteiger partial charge is 0.314 e. The van der Waals surface area contributed by atoms with Gasteiger partial charge in [0.1, 0.15) is 0 Å². The number of hydrogen-bond acceptors (Lipinski definition) is 4. The average Bonchev–Trinajstić information content (AvgIpc) is 3.12. The molecule has 2 rings (SSSR count). The van der Waals surface area contributed by atoms with Gasteiger partial charge in [-0.2, -0.15) is 0 Å². The Labute approximate surface area is 113 Å². The maximum Gasteiger partial charge on any atom is 0.175 e. The van der Waals surface area contributed by atoms with Gasteiger partial charge in [0, 0.05) is 17.2 Å². The van der Waals surface area contributed by atoms with Gasteiger partial charge in [-0.05, 0) is 55.8 Å². The summed E-state index contributed by atoms with van der Waals surface area (Å²) in [6.07, 6.45) is 5.05. The molecule has 0 heterocycles. The number of sulfone groups is 1. The van der Waals surface area contributed by atoms with Gasteiger partial charge in [-0.1, -0.05) is 0 Å². The molecule has 18 heavy (non-hydrogen) atoms. The van der Waals surface area contributed by atoms with E-state index in [1.165, 1.54) is 19.1 Å². The van der Waals surface area contributed by atoms with Crippen molar-refractivity contribution in [2.24, 2.45) is 0 Å². The maximum atomic E-state index is 11.3. The predicted octanol–water partition coefficient (Wildman–Crippen LogP) is 2.32. The summed E-state index contributed by atoms with van der Waals surface area (Å²) < 4.78 is 22.6. The first-order valence-corrected chi connectivity index (χ1v) is 9.10. The lowest BCUT2D eigenvalue weighted by Gasteiger charge is -2.04. The molecule has 0 amide bonds. The molecule has 1 aromatic carbocycles. The van der Waals surface area contributed by atoms with Crippen LogP contribution in [0.4, 0.5) is 0 Å². The third-order valence-electron chi connectivity index (χ3n) is 2.85. The number of benzene rings is 1. The molecule has 1 aromatic rings. The van der Waals surface area contributed by atoms with E-state index in [4.69, 9.17) is 0 Å². The van der Waals surface area contributed by atoms with Crippen LogP contribution in [0.25, 0.3) is 0 Å². The van der Waals surface area contributed by atoms with Gasteiger partial charge < -0.3 is 5.32 Å². The Morgan fingerprint density at radius 3 is 2.50 bits per heavy atom. The summed E-state index contributed by atoms with van der Waals surface area (Å²) in [6, 6.07) is 7.91. The fourth-order valence-corrected chi connectivity index (χ4v) is 3.12. The van der Waals surface area contributed by atoms with E-state index < -0.39 is 9.84 Å². The highest BCUT2D eigenvalue weighted by molar-refractivity contribution is 7.99. The second-order valence-corrected chi connectivity index (χ2v) is 7.86. The highest BCUT2D eigenvalue weighted by Gasteiger charge is 2.19. The topological polar surface area (TPSA) is 46.2 Å². The van der Waals surface area contributed by atoms with E-state index in [0.29, 0.717) is 4.90 Å². The standard InChI is InChI=1S/C13H19NO2S2/c1-18(15,16)13-7-5-12(6-8-13)17-10-2-9-14-11-3-4-11/h5-8,11,14H,2-4,9-10H2,1H3. The van der Waals surface area contributed by atoms with Crippen molar-refractivity contribution < 1.29 is 8.42 Å². The smallest absolute Gasteiger partial charge is 0.175 e. The Balaban J connectivity index is 1.72. The van der Waals surface area contributed by atoms with Crippen molar-refractivity contribution >= 4 is 21.6 Å². The minimum Gasteiger partial charge on any atom is -0.314 e. The monoisotopic (exact) mass is 285 g/mol. The molecule has 1 N–H and O–H groups in total. The lowest BCUT2D eigenvalue weighted by Crippen LogP contribution is -2.17. The van der Waals surface area contributed by atoms with Crippen LogP contribution in [0, 0.1) is 0 Å². The van der Waals surface area contributed by atoms with Crippen molar-refractivity contribution in [3.63, 3.8) is 0 Å². The zero-order valence-corrected chi connectivity index (χ0v) is 12.2.